The van der Waals surface area contributed by atoms with E-state index in [0.717, 1.165) is 23.2 Å². The second-order valence-electron chi connectivity index (χ2n) is 7.62. The molecular formula is C21H27BO3. The van der Waals surface area contributed by atoms with Crippen LogP contribution in [0.5, 0.6) is 5.75 Å². The first-order valence-electron chi connectivity index (χ1n) is 8.97. The normalized spacial score (nSPS) is 18.4. The Kier molecular flexibility index (Phi) is 4.94. The van der Waals surface area contributed by atoms with E-state index in [0.29, 0.717) is 6.61 Å². The van der Waals surface area contributed by atoms with Crippen LogP contribution >= 0.6 is 0 Å². The molecule has 1 saturated heterocycles. The highest BCUT2D eigenvalue weighted by molar-refractivity contribution is 6.62. The maximum absolute atomic E-state index is 6.09. The van der Waals surface area contributed by atoms with Crippen LogP contribution in [-0.2, 0) is 22.3 Å². The van der Waals surface area contributed by atoms with Crippen molar-refractivity contribution in [2.75, 3.05) is 0 Å². The van der Waals surface area contributed by atoms with Gasteiger partial charge >= 0.3 is 7.12 Å². The van der Waals surface area contributed by atoms with Gasteiger partial charge in [0, 0.05) is 0 Å². The average molecular weight is 338 g/mol. The molecule has 0 amide bonds. The van der Waals surface area contributed by atoms with Gasteiger partial charge in [0.25, 0.3) is 0 Å². The number of benzene rings is 2. The predicted molar refractivity (Wildman–Crippen MR) is 102 cm³/mol. The van der Waals surface area contributed by atoms with E-state index in [-0.39, 0.29) is 18.3 Å². The molecule has 1 fully saturated rings. The Labute approximate surface area is 151 Å². The van der Waals surface area contributed by atoms with Gasteiger partial charge in [-0.1, -0.05) is 43.3 Å². The Morgan fingerprint density at radius 3 is 1.84 bits per heavy atom. The van der Waals surface area contributed by atoms with E-state index in [9.17, 15) is 0 Å². The van der Waals surface area contributed by atoms with Gasteiger partial charge < -0.3 is 14.0 Å². The number of rotatable bonds is 5. The minimum absolute atomic E-state index is 0.315. The number of ether oxygens (including phenoxy) is 1. The zero-order valence-electron chi connectivity index (χ0n) is 15.8. The van der Waals surface area contributed by atoms with Crippen LogP contribution in [0.4, 0.5) is 0 Å². The van der Waals surface area contributed by atoms with Crippen LogP contribution in [0.25, 0.3) is 0 Å². The summed E-state index contributed by atoms with van der Waals surface area (Å²) in [5.41, 5.74) is 2.85. The van der Waals surface area contributed by atoms with Crippen molar-refractivity contribution in [1.29, 1.82) is 0 Å². The fourth-order valence-electron chi connectivity index (χ4n) is 2.74. The minimum atomic E-state index is -0.318. The molecular weight excluding hydrogens is 311 g/mol. The standard InChI is InChI=1S/C21H27BO3/c1-6-16-9-13-19(14-10-16)23-15-17-7-11-18(12-8-17)22-24-20(2,3)21(4,5)25-22/h7-14H,6,15H2,1-5H3. The molecule has 0 bridgehead atoms. The quantitative estimate of drug-likeness (QED) is 0.768. The summed E-state index contributed by atoms with van der Waals surface area (Å²) < 4.78 is 18.0. The second-order valence-corrected chi connectivity index (χ2v) is 7.62. The van der Waals surface area contributed by atoms with E-state index in [2.05, 4.69) is 71.0 Å². The van der Waals surface area contributed by atoms with Gasteiger partial charge in [0.05, 0.1) is 11.2 Å². The Bertz CT molecular complexity index is 689. The van der Waals surface area contributed by atoms with Crippen molar-refractivity contribution in [3.63, 3.8) is 0 Å². The molecule has 2 aromatic carbocycles. The largest absolute Gasteiger partial charge is 0.494 e. The van der Waals surface area contributed by atoms with Gasteiger partial charge in [-0.2, -0.15) is 0 Å². The van der Waals surface area contributed by atoms with E-state index in [1.54, 1.807) is 0 Å². The van der Waals surface area contributed by atoms with Crippen LogP contribution in [0.3, 0.4) is 0 Å². The van der Waals surface area contributed by atoms with Gasteiger partial charge in [0.15, 0.2) is 0 Å². The maximum atomic E-state index is 6.09. The summed E-state index contributed by atoms with van der Waals surface area (Å²) in [6.45, 7) is 11.0. The van der Waals surface area contributed by atoms with Crippen molar-refractivity contribution in [3.8, 4) is 5.75 Å². The van der Waals surface area contributed by atoms with Crippen molar-refractivity contribution in [3.05, 3.63) is 59.7 Å². The Balaban J connectivity index is 1.61. The third-order valence-electron chi connectivity index (χ3n) is 5.24. The van der Waals surface area contributed by atoms with Crippen molar-refractivity contribution in [1.82, 2.24) is 0 Å². The lowest BCUT2D eigenvalue weighted by atomic mass is 9.79. The van der Waals surface area contributed by atoms with Crippen molar-refractivity contribution < 1.29 is 14.0 Å². The van der Waals surface area contributed by atoms with Crippen LogP contribution in [0.15, 0.2) is 48.5 Å². The van der Waals surface area contributed by atoms with E-state index in [1.165, 1.54) is 5.56 Å². The molecule has 3 rings (SSSR count). The van der Waals surface area contributed by atoms with Gasteiger partial charge in [-0.25, -0.2) is 0 Å². The molecule has 1 aliphatic heterocycles. The summed E-state index contributed by atoms with van der Waals surface area (Å²) in [4.78, 5) is 0. The average Bonchev–Trinajstić information content (AvgIpc) is 2.82. The van der Waals surface area contributed by atoms with Gasteiger partial charge in [-0.3, -0.25) is 0 Å². The van der Waals surface area contributed by atoms with Gasteiger partial charge in [0.2, 0.25) is 0 Å². The van der Waals surface area contributed by atoms with Gasteiger partial charge in [-0.05, 0) is 62.8 Å². The van der Waals surface area contributed by atoms with Crippen molar-refractivity contribution in [2.45, 2.75) is 58.8 Å². The molecule has 0 saturated carbocycles. The Morgan fingerprint density at radius 1 is 0.800 bits per heavy atom. The maximum Gasteiger partial charge on any atom is 0.494 e. The lowest BCUT2D eigenvalue weighted by Gasteiger charge is -2.32. The number of hydrogen-bond acceptors (Lipinski definition) is 3. The van der Waals surface area contributed by atoms with Crippen LogP contribution in [-0.4, -0.2) is 18.3 Å². The smallest absolute Gasteiger partial charge is 0.489 e. The number of aryl methyl sites for hydroxylation is 1. The summed E-state index contributed by atoms with van der Waals surface area (Å²) in [7, 11) is -0.318. The minimum Gasteiger partial charge on any atom is -0.489 e. The second kappa shape index (κ2) is 6.85. The molecule has 0 N–H and O–H groups in total. The first-order chi connectivity index (χ1) is 11.8. The molecule has 0 radical (unpaired) electrons. The molecule has 3 nitrogen and oxygen atoms in total. The summed E-state index contributed by atoms with van der Waals surface area (Å²) in [6, 6.07) is 16.5. The molecule has 0 aromatic heterocycles. The number of hydrogen-bond donors (Lipinski definition) is 0. The zero-order chi connectivity index (χ0) is 18.1. The third-order valence-corrected chi connectivity index (χ3v) is 5.24. The fraction of sp³-hybridized carbons (Fsp3) is 0.429. The van der Waals surface area contributed by atoms with E-state index in [1.807, 2.05) is 12.1 Å². The predicted octanol–water partition coefficient (Wildman–Crippen LogP) is 4.13. The van der Waals surface area contributed by atoms with Crippen molar-refractivity contribution >= 4 is 12.6 Å². The highest BCUT2D eigenvalue weighted by Crippen LogP contribution is 2.36. The van der Waals surface area contributed by atoms with Gasteiger partial charge in [0.1, 0.15) is 12.4 Å². The SMILES string of the molecule is CCc1ccc(OCc2ccc(B3OC(C)(C)C(C)(C)O3)cc2)cc1. The summed E-state index contributed by atoms with van der Waals surface area (Å²) in [5.74, 6) is 0.896. The van der Waals surface area contributed by atoms with Crippen LogP contribution < -0.4 is 10.2 Å². The highest BCUT2D eigenvalue weighted by Gasteiger charge is 2.51. The van der Waals surface area contributed by atoms with Crippen molar-refractivity contribution in [2.24, 2.45) is 0 Å². The molecule has 132 valence electrons. The monoisotopic (exact) mass is 338 g/mol. The van der Waals surface area contributed by atoms with Gasteiger partial charge in [-0.15, -0.1) is 0 Å². The van der Waals surface area contributed by atoms with E-state index in [4.69, 9.17) is 14.0 Å². The molecule has 1 aliphatic rings. The third kappa shape index (κ3) is 3.91. The Morgan fingerprint density at radius 2 is 1.32 bits per heavy atom. The lowest BCUT2D eigenvalue weighted by Crippen LogP contribution is -2.41. The molecule has 4 heteroatoms. The van der Waals surface area contributed by atoms with Crippen LogP contribution in [0.1, 0.15) is 45.7 Å². The first-order valence-corrected chi connectivity index (χ1v) is 8.97. The van der Waals surface area contributed by atoms with E-state index < -0.39 is 0 Å². The summed E-state index contributed by atoms with van der Waals surface area (Å²) in [5, 5.41) is 0. The van der Waals surface area contributed by atoms with Crippen LogP contribution in [0, 0.1) is 0 Å². The van der Waals surface area contributed by atoms with Crippen LogP contribution in [0.2, 0.25) is 0 Å². The lowest BCUT2D eigenvalue weighted by molar-refractivity contribution is 0.00578. The molecule has 25 heavy (non-hydrogen) atoms. The Hall–Kier alpha value is -1.78. The highest BCUT2D eigenvalue weighted by atomic mass is 16.7. The first kappa shape index (κ1) is 18.0. The molecule has 0 atom stereocenters. The summed E-state index contributed by atoms with van der Waals surface area (Å²) in [6.07, 6.45) is 1.04. The molecule has 2 aromatic rings. The molecule has 0 spiro atoms. The zero-order valence-corrected chi connectivity index (χ0v) is 15.8. The van der Waals surface area contributed by atoms with E-state index >= 15 is 0 Å². The molecule has 0 aliphatic carbocycles. The summed E-state index contributed by atoms with van der Waals surface area (Å²) >= 11 is 0. The fourth-order valence-corrected chi connectivity index (χ4v) is 2.74. The topological polar surface area (TPSA) is 27.7 Å². The molecule has 1 heterocycles. The molecule has 0 unspecified atom stereocenters.